The maximum atomic E-state index is 11.9. The molecular formula is C11H19N3O. The van der Waals surface area contributed by atoms with E-state index >= 15 is 0 Å². The molecule has 4 heteroatoms. The average Bonchev–Trinajstić information content (AvgIpc) is 2.73. The van der Waals surface area contributed by atoms with Gasteiger partial charge in [-0.15, -0.1) is 0 Å². The van der Waals surface area contributed by atoms with Crippen LogP contribution in [0.1, 0.15) is 25.7 Å². The monoisotopic (exact) mass is 209 g/mol. The van der Waals surface area contributed by atoms with Crippen LogP contribution in [-0.2, 0) is 4.79 Å². The fourth-order valence-electron chi connectivity index (χ4n) is 2.89. The first-order valence-corrected chi connectivity index (χ1v) is 5.96. The summed E-state index contributed by atoms with van der Waals surface area (Å²) >= 11 is 0. The molecule has 0 radical (unpaired) electrons. The number of nitrogens with one attached hydrogen (secondary N) is 1. The van der Waals surface area contributed by atoms with E-state index < -0.39 is 0 Å². The minimum absolute atomic E-state index is 0.239. The number of hydrazine groups is 1. The Morgan fingerprint density at radius 3 is 2.87 bits per heavy atom. The van der Waals surface area contributed by atoms with Crippen LogP contribution in [0.3, 0.4) is 0 Å². The Morgan fingerprint density at radius 1 is 1.53 bits per heavy atom. The van der Waals surface area contributed by atoms with Crippen LogP contribution >= 0.6 is 0 Å². The fraction of sp³-hybridized carbons (Fsp3) is 0.909. The Hall–Kier alpha value is -0.610. The molecule has 15 heavy (non-hydrogen) atoms. The summed E-state index contributed by atoms with van der Waals surface area (Å²) in [5.74, 6) is 0.993. The van der Waals surface area contributed by atoms with Crippen LogP contribution in [0, 0.1) is 5.92 Å². The Morgan fingerprint density at radius 2 is 2.33 bits per heavy atom. The quantitative estimate of drug-likeness (QED) is 0.706. The van der Waals surface area contributed by atoms with Crippen LogP contribution in [0.2, 0.25) is 0 Å². The van der Waals surface area contributed by atoms with Crippen molar-refractivity contribution in [2.75, 3.05) is 26.7 Å². The minimum atomic E-state index is 0.239. The molecule has 3 aliphatic rings. The lowest BCUT2D eigenvalue weighted by molar-refractivity contribution is -0.138. The first kappa shape index (κ1) is 9.60. The van der Waals surface area contributed by atoms with Crippen molar-refractivity contribution < 1.29 is 4.79 Å². The molecule has 2 aliphatic heterocycles. The summed E-state index contributed by atoms with van der Waals surface area (Å²) in [5, 5.41) is 7.56. The predicted octanol–water partition coefficient (Wildman–Crippen LogP) is 0.208. The van der Waals surface area contributed by atoms with Crippen molar-refractivity contribution in [1.82, 2.24) is 15.3 Å². The molecule has 1 N–H and O–H groups in total. The van der Waals surface area contributed by atoms with Gasteiger partial charge in [-0.2, -0.15) is 0 Å². The van der Waals surface area contributed by atoms with E-state index in [-0.39, 0.29) is 5.54 Å². The molecule has 0 aromatic heterocycles. The predicted molar refractivity (Wildman–Crippen MR) is 57.0 cm³/mol. The Kier molecular flexibility index (Phi) is 2.04. The number of rotatable bonds is 2. The van der Waals surface area contributed by atoms with E-state index in [1.165, 1.54) is 19.3 Å². The van der Waals surface area contributed by atoms with Crippen molar-refractivity contribution in [3.05, 3.63) is 0 Å². The number of hydrogen-bond donors (Lipinski definition) is 1. The van der Waals surface area contributed by atoms with E-state index in [9.17, 15) is 4.79 Å². The molecule has 84 valence electrons. The standard InChI is InChI=1S/C11H19N3O/c1-13-11(3-4-11)6-10(15)14(13)8-9-2-5-12-7-9/h9,12H,2-8H2,1H3. The number of nitrogens with zero attached hydrogens (tertiary/aromatic N) is 2. The van der Waals surface area contributed by atoms with E-state index in [0.29, 0.717) is 11.8 Å². The number of hydrogen-bond acceptors (Lipinski definition) is 3. The molecule has 2 heterocycles. The third-order valence-electron chi connectivity index (χ3n) is 4.24. The van der Waals surface area contributed by atoms with Crippen molar-refractivity contribution in [3.63, 3.8) is 0 Å². The molecule has 1 aliphatic carbocycles. The van der Waals surface area contributed by atoms with E-state index in [1.807, 2.05) is 5.01 Å². The normalized spacial score (nSPS) is 34.3. The van der Waals surface area contributed by atoms with E-state index in [4.69, 9.17) is 0 Å². The summed E-state index contributed by atoms with van der Waals surface area (Å²) in [7, 11) is 2.08. The van der Waals surface area contributed by atoms with Crippen molar-refractivity contribution >= 4 is 5.91 Å². The lowest BCUT2D eigenvalue weighted by Crippen LogP contribution is -2.43. The smallest absolute Gasteiger partial charge is 0.238 e. The van der Waals surface area contributed by atoms with Crippen LogP contribution in [0.25, 0.3) is 0 Å². The summed E-state index contributed by atoms with van der Waals surface area (Å²) in [6.07, 6.45) is 4.37. The summed E-state index contributed by atoms with van der Waals surface area (Å²) < 4.78 is 0. The van der Waals surface area contributed by atoms with Crippen molar-refractivity contribution in [1.29, 1.82) is 0 Å². The molecule has 3 rings (SSSR count). The molecule has 0 bridgehead atoms. The highest BCUT2D eigenvalue weighted by molar-refractivity contribution is 5.80. The molecule has 1 unspecified atom stereocenters. The minimum Gasteiger partial charge on any atom is -0.316 e. The second-order valence-electron chi connectivity index (χ2n) is 5.26. The highest BCUT2D eigenvalue weighted by Crippen LogP contribution is 2.49. The lowest BCUT2D eigenvalue weighted by Gasteiger charge is -2.30. The van der Waals surface area contributed by atoms with Gasteiger partial charge < -0.3 is 5.32 Å². The van der Waals surface area contributed by atoms with E-state index in [0.717, 1.165) is 26.1 Å². The topological polar surface area (TPSA) is 35.6 Å². The molecule has 1 atom stereocenters. The second kappa shape index (κ2) is 3.19. The van der Waals surface area contributed by atoms with Crippen LogP contribution in [-0.4, -0.2) is 48.1 Å². The zero-order valence-electron chi connectivity index (χ0n) is 9.33. The van der Waals surface area contributed by atoms with Gasteiger partial charge in [-0.1, -0.05) is 0 Å². The van der Waals surface area contributed by atoms with Gasteiger partial charge in [0, 0.05) is 25.6 Å². The summed E-state index contributed by atoms with van der Waals surface area (Å²) in [4.78, 5) is 11.9. The van der Waals surface area contributed by atoms with Crippen molar-refractivity contribution in [3.8, 4) is 0 Å². The van der Waals surface area contributed by atoms with Crippen molar-refractivity contribution in [2.45, 2.75) is 31.2 Å². The van der Waals surface area contributed by atoms with E-state index in [1.54, 1.807) is 0 Å². The average molecular weight is 209 g/mol. The second-order valence-corrected chi connectivity index (χ2v) is 5.26. The molecule has 0 aromatic rings. The molecular weight excluding hydrogens is 190 g/mol. The SMILES string of the molecule is CN1N(CC2CCNC2)C(=O)CC12CC2. The molecule has 2 saturated heterocycles. The van der Waals surface area contributed by atoms with Gasteiger partial charge in [0.1, 0.15) is 0 Å². The van der Waals surface area contributed by atoms with Gasteiger partial charge in [-0.3, -0.25) is 9.80 Å². The zero-order valence-corrected chi connectivity index (χ0v) is 9.33. The Bertz CT molecular complexity index is 282. The molecule has 1 amide bonds. The number of carbonyl (C=O) groups is 1. The first-order valence-electron chi connectivity index (χ1n) is 5.96. The zero-order chi connectivity index (χ0) is 10.5. The van der Waals surface area contributed by atoms with Gasteiger partial charge in [0.05, 0.1) is 0 Å². The van der Waals surface area contributed by atoms with Gasteiger partial charge >= 0.3 is 0 Å². The summed E-state index contributed by atoms with van der Waals surface area (Å²) in [6, 6.07) is 0. The van der Waals surface area contributed by atoms with Gasteiger partial charge in [0.2, 0.25) is 5.91 Å². The van der Waals surface area contributed by atoms with Crippen LogP contribution in [0.15, 0.2) is 0 Å². The number of amides is 1. The Balaban J connectivity index is 1.67. The van der Waals surface area contributed by atoms with Gasteiger partial charge in [-0.05, 0) is 38.3 Å². The van der Waals surface area contributed by atoms with Crippen LogP contribution in [0.4, 0.5) is 0 Å². The molecule has 0 aromatic carbocycles. The largest absolute Gasteiger partial charge is 0.316 e. The van der Waals surface area contributed by atoms with Gasteiger partial charge in [0.25, 0.3) is 0 Å². The molecule has 4 nitrogen and oxygen atoms in total. The highest BCUT2D eigenvalue weighted by atomic mass is 16.2. The summed E-state index contributed by atoms with van der Waals surface area (Å²) in [5.41, 5.74) is 0.239. The fourth-order valence-corrected chi connectivity index (χ4v) is 2.89. The van der Waals surface area contributed by atoms with Crippen LogP contribution < -0.4 is 5.32 Å². The molecule has 3 fully saturated rings. The van der Waals surface area contributed by atoms with Gasteiger partial charge in [-0.25, -0.2) is 5.01 Å². The number of carbonyl (C=O) groups excluding carboxylic acids is 1. The maximum absolute atomic E-state index is 11.9. The van der Waals surface area contributed by atoms with Gasteiger partial charge in [0.15, 0.2) is 0 Å². The summed E-state index contributed by atoms with van der Waals surface area (Å²) in [6.45, 7) is 3.11. The lowest BCUT2D eigenvalue weighted by atomic mass is 10.1. The Labute approximate surface area is 90.6 Å². The van der Waals surface area contributed by atoms with Crippen LogP contribution in [0.5, 0.6) is 0 Å². The maximum Gasteiger partial charge on any atom is 0.238 e. The molecule has 1 spiro atoms. The highest BCUT2D eigenvalue weighted by Gasteiger charge is 2.56. The third kappa shape index (κ3) is 1.47. The molecule has 1 saturated carbocycles. The first-order chi connectivity index (χ1) is 7.21. The van der Waals surface area contributed by atoms with Crippen molar-refractivity contribution in [2.24, 2.45) is 5.92 Å². The van der Waals surface area contributed by atoms with E-state index in [2.05, 4.69) is 17.4 Å². The third-order valence-corrected chi connectivity index (χ3v) is 4.24.